The smallest absolute Gasteiger partial charge is 0.235 e. The summed E-state index contributed by atoms with van der Waals surface area (Å²) in [6.07, 6.45) is 1.11. The number of hydrogen-bond acceptors (Lipinski definition) is 3. The fourth-order valence-corrected chi connectivity index (χ4v) is 3.02. The summed E-state index contributed by atoms with van der Waals surface area (Å²) in [7, 11) is -3.38. The van der Waals surface area contributed by atoms with E-state index in [1.165, 1.54) is 4.31 Å². The van der Waals surface area contributed by atoms with Gasteiger partial charge >= 0.3 is 0 Å². The zero-order valence-corrected chi connectivity index (χ0v) is 13.2. The maximum Gasteiger partial charge on any atom is 0.235 e. The highest BCUT2D eigenvalue weighted by molar-refractivity contribution is 7.88. The lowest BCUT2D eigenvalue weighted by Gasteiger charge is -2.23. The van der Waals surface area contributed by atoms with Crippen molar-refractivity contribution in [3.8, 4) is 0 Å². The molecule has 0 fully saturated rings. The summed E-state index contributed by atoms with van der Waals surface area (Å²) in [6, 6.07) is 7.57. The van der Waals surface area contributed by atoms with Crippen molar-refractivity contribution in [1.82, 2.24) is 9.62 Å². The summed E-state index contributed by atoms with van der Waals surface area (Å²) >= 11 is 0. The molecule has 0 aliphatic rings. The Hall–Kier alpha value is -1.40. The highest BCUT2D eigenvalue weighted by Crippen LogP contribution is 2.05. The lowest BCUT2D eigenvalue weighted by atomic mass is 10.1. The Labute approximate surface area is 121 Å². The molecule has 112 valence electrons. The van der Waals surface area contributed by atoms with Gasteiger partial charge in [0.2, 0.25) is 15.9 Å². The summed E-state index contributed by atoms with van der Waals surface area (Å²) in [4.78, 5) is 11.8. The van der Waals surface area contributed by atoms with E-state index in [2.05, 4.69) is 5.32 Å². The molecule has 0 heterocycles. The van der Waals surface area contributed by atoms with Gasteiger partial charge in [-0.2, -0.15) is 4.31 Å². The van der Waals surface area contributed by atoms with Gasteiger partial charge in [-0.25, -0.2) is 8.42 Å². The molecule has 0 unspecified atom stereocenters. The fourth-order valence-electron chi connectivity index (χ4n) is 1.90. The van der Waals surface area contributed by atoms with Gasteiger partial charge in [0.15, 0.2) is 0 Å². The van der Waals surface area contributed by atoms with E-state index in [4.69, 9.17) is 0 Å². The van der Waals surface area contributed by atoms with Crippen LogP contribution >= 0.6 is 0 Å². The van der Waals surface area contributed by atoms with Crippen LogP contribution in [-0.2, 0) is 21.4 Å². The van der Waals surface area contributed by atoms with Crippen LogP contribution < -0.4 is 5.32 Å². The standard InChI is InChI=1S/C14H22N2O3S/c1-11(2)16(20(4,18)19)10-14(17)15-9-13-7-5-6-12(3)8-13/h5-8,11H,9-10H2,1-4H3,(H,15,17). The molecule has 1 aromatic carbocycles. The van der Waals surface area contributed by atoms with Crippen LogP contribution in [0.5, 0.6) is 0 Å². The SMILES string of the molecule is Cc1cccc(CNC(=O)CN(C(C)C)S(C)(=O)=O)c1. The first kappa shape index (κ1) is 16.7. The quantitative estimate of drug-likeness (QED) is 0.860. The van der Waals surface area contributed by atoms with Gasteiger partial charge in [0, 0.05) is 12.6 Å². The zero-order chi connectivity index (χ0) is 15.3. The topological polar surface area (TPSA) is 66.5 Å². The van der Waals surface area contributed by atoms with Crippen molar-refractivity contribution in [2.24, 2.45) is 0 Å². The molecule has 1 amide bonds. The van der Waals surface area contributed by atoms with Gasteiger partial charge in [-0.15, -0.1) is 0 Å². The van der Waals surface area contributed by atoms with E-state index in [0.29, 0.717) is 6.54 Å². The molecule has 6 heteroatoms. The third kappa shape index (κ3) is 5.30. The molecule has 0 aromatic heterocycles. The number of nitrogens with zero attached hydrogens (tertiary/aromatic N) is 1. The van der Waals surface area contributed by atoms with Gasteiger partial charge < -0.3 is 5.32 Å². The summed E-state index contributed by atoms with van der Waals surface area (Å²) < 4.78 is 24.3. The van der Waals surface area contributed by atoms with Crippen molar-refractivity contribution in [2.45, 2.75) is 33.4 Å². The van der Waals surface area contributed by atoms with Crippen LogP contribution in [0.2, 0.25) is 0 Å². The van der Waals surface area contributed by atoms with Crippen molar-refractivity contribution in [3.63, 3.8) is 0 Å². The zero-order valence-electron chi connectivity index (χ0n) is 12.4. The third-order valence-corrected chi connectivity index (χ3v) is 4.28. The predicted molar refractivity (Wildman–Crippen MR) is 79.7 cm³/mol. The molecule has 0 saturated carbocycles. The minimum Gasteiger partial charge on any atom is -0.351 e. The minimum atomic E-state index is -3.38. The Morgan fingerprint density at radius 2 is 2.00 bits per heavy atom. The van der Waals surface area contributed by atoms with Crippen LogP contribution in [0.1, 0.15) is 25.0 Å². The van der Waals surface area contributed by atoms with E-state index in [1.807, 2.05) is 31.2 Å². The van der Waals surface area contributed by atoms with Gasteiger partial charge in [0.1, 0.15) is 0 Å². The van der Waals surface area contributed by atoms with Crippen LogP contribution in [0.3, 0.4) is 0 Å². The number of nitrogens with one attached hydrogen (secondary N) is 1. The maximum atomic E-state index is 11.8. The van der Waals surface area contributed by atoms with Crippen molar-refractivity contribution >= 4 is 15.9 Å². The number of aryl methyl sites for hydroxylation is 1. The molecule has 0 bridgehead atoms. The second-order valence-electron chi connectivity index (χ2n) is 5.17. The molecular formula is C14H22N2O3S. The lowest BCUT2D eigenvalue weighted by Crippen LogP contribution is -2.43. The van der Waals surface area contributed by atoms with E-state index in [1.54, 1.807) is 13.8 Å². The third-order valence-electron chi connectivity index (χ3n) is 2.87. The molecular weight excluding hydrogens is 276 g/mol. The fraction of sp³-hybridized carbons (Fsp3) is 0.500. The normalized spacial score (nSPS) is 11.9. The molecule has 0 spiro atoms. The van der Waals surface area contributed by atoms with Crippen LogP contribution in [0.4, 0.5) is 0 Å². The average molecular weight is 298 g/mol. The molecule has 1 rings (SSSR count). The predicted octanol–water partition coefficient (Wildman–Crippen LogP) is 1.28. The molecule has 0 aliphatic heterocycles. The van der Waals surface area contributed by atoms with E-state index in [0.717, 1.165) is 17.4 Å². The number of sulfonamides is 1. The maximum absolute atomic E-state index is 11.8. The van der Waals surface area contributed by atoms with E-state index < -0.39 is 10.0 Å². The minimum absolute atomic E-state index is 0.150. The summed E-state index contributed by atoms with van der Waals surface area (Å²) in [5, 5.41) is 2.74. The second-order valence-corrected chi connectivity index (χ2v) is 7.10. The van der Waals surface area contributed by atoms with Crippen molar-refractivity contribution in [2.75, 3.05) is 12.8 Å². The molecule has 1 N–H and O–H groups in total. The van der Waals surface area contributed by atoms with Crippen LogP contribution in [0, 0.1) is 6.92 Å². The Morgan fingerprint density at radius 1 is 1.35 bits per heavy atom. The van der Waals surface area contributed by atoms with Crippen LogP contribution in [-0.4, -0.2) is 37.5 Å². The van der Waals surface area contributed by atoms with E-state index in [-0.39, 0.29) is 18.5 Å². The van der Waals surface area contributed by atoms with Gasteiger partial charge in [-0.05, 0) is 26.3 Å². The molecule has 0 radical (unpaired) electrons. The lowest BCUT2D eigenvalue weighted by molar-refractivity contribution is -0.121. The van der Waals surface area contributed by atoms with Gasteiger partial charge in [0.05, 0.1) is 12.8 Å². The molecule has 20 heavy (non-hydrogen) atoms. The number of carbonyl (C=O) groups is 1. The van der Waals surface area contributed by atoms with E-state index >= 15 is 0 Å². The highest BCUT2D eigenvalue weighted by atomic mass is 32.2. The average Bonchev–Trinajstić information content (AvgIpc) is 2.31. The van der Waals surface area contributed by atoms with Gasteiger partial charge in [-0.1, -0.05) is 29.8 Å². The number of carbonyl (C=O) groups excluding carboxylic acids is 1. The Kier molecular flexibility index (Phi) is 5.71. The Balaban J connectivity index is 2.59. The van der Waals surface area contributed by atoms with E-state index in [9.17, 15) is 13.2 Å². The van der Waals surface area contributed by atoms with Crippen LogP contribution in [0.15, 0.2) is 24.3 Å². The number of amides is 1. The molecule has 5 nitrogen and oxygen atoms in total. The summed E-state index contributed by atoms with van der Waals surface area (Å²) in [5.74, 6) is -0.300. The Bertz CT molecular complexity index is 568. The highest BCUT2D eigenvalue weighted by Gasteiger charge is 2.22. The number of rotatable bonds is 6. The van der Waals surface area contributed by atoms with Crippen LogP contribution in [0.25, 0.3) is 0 Å². The Morgan fingerprint density at radius 3 is 2.50 bits per heavy atom. The monoisotopic (exact) mass is 298 g/mol. The summed E-state index contributed by atoms with van der Waals surface area (Å²) in [6.45, 7) is 5.72. The molecule has 0 aliphatic carbocycles. The number of benzene rings is 1. The first-order valence-electron chi connectivity index (χ1n) is 6.49. The second kappa shape index (κ2) is 6.85. The van der Waals surface area contributed by atoms with Gasteiger partial charge in [-0.3, -0.25) is 4.79 Å². The molecule has 1 aromatic rings. The van der Waals surface area contributed by atoms with Gasteiger partial charge in [0.25, 0.3) is 0 Å². The first-order valence-corrected chi connectivity index (χ1v) is 8.34. The van der Waals surface area contributed by atoms with Crippen molar-refractivity contribution in [3.05, 3.63) is 35.4 Å². The first-order chi connectivity index (χ1) is 9.20. The molecule has 0 saturated heterocycles. The molecule has 0 atom stereocenters. The summed E-state index contributed by atoms with van der Waals surface area (Å²) in [5.41, 5.74) is 2.12. The van der Waals surface area contributed by atoms with Crippen molar-refractivity contribution < 1.29 is 13.2 Å². The number of hydrogen-bond donors (Lipinski definition) is 1. The van der Waals surface area contributed by atoms with Crippen molar-refractivity contribution in [1.29, 1.82) is 0 Å². The largest absolute Gasteiger partial charge is 0.351 e.